The zero-order chi connectivity index (χ0) is 34.2. The highest BCUT2D eigenvalue weighted by atomic mass is 33.1. The largest absolute Gasteiger partial charge is 0.357 e. The highest BCUT2D eigenvalue weighted by Gasteiger charge is 2.30. The van der Waals surface area contributed by atoms with Gasteiger partial charge in [-0.15, -0.1) is 0 Å². The van der Waals surface area contributed by atoms with Crippen LogP contribution in [0, 0.1) is 16.0 Å². The lowest BCUT2D eigenvalue weighted by Gasteiger charge is -2.25. The molecule has 0 spiro atoms. The molecule has 2 aromatic carbocycles. The number of carbonyl (C=O) groups is 4. The van der Waals surface area contributed by atoms with E-state index in [2.05, 4.69) is 26.3 Å². The van der Waals surface area contributed by atoms with E-state index in [1.165, 1.54) is 25.5 Å². The van der Waals surface area contributed by atoms with Crippen molar-refractivity contribution in [1.82, 2.24) is 26.3 Å². The van der Waals surface area contributed by atoms with Crippen molar-refractivity contribution in [2.45, 2.75) is 61.8 Å². The lowest BCUT2D eigenvalue weighted by Crippen LogP contribution is -2.55. The fourth-order valence-corrected chi connectivity index (χ4v) is 7.21. The fraction of sp³-hybridized carbons (Fsp3) is 0.364. The van der Waals surface area contributed by atoms with Gasteiger partial charge >= 0.3 is 0 Å². The smallest absolute Gasteiger partial charge is 0.283 e. The minimum atomic E-state index is -0.934. The number of amides is 4. The maximum absolute atomic E-state index is 13.8. The normalized spacial score (nSPS) is 12.8. The standard InChI is InChI=1S/C33H40N6O6S2/c1-22(2)20-25(32(42)37-26(31(41)34-3)21-23-10-5-4-6-11-23)38-33(43)29(47-46-28-13-8-7-12-27(28)39(44)45)14-9-17-36-30(40)24-15-18-35-19-16-24/h4-8,10-13,15-16,18-19,22,25-26,29H,9,14,17,20-21H2,1-3H3,(H,34,41)(H,36,40)(H,37,42)(H,38,43)/t25-,26-,29?/m0/s1. The Morgan fingerprint density at radius 3 is 2.19 bits per heavy atom. The van der Waals surface area contributed by atoms with Gasteiger partial charge in [-0.05, 0) is 59.7 Å². The van der Waals surface area contributed by atoms with Crippen molar-refractivity contribution < 1.29 is 24.1 Å². The Bertz CT molecular complexity index is 1500. The predicted molar refractivity (Wildman–Crippen MR) is 184 cm³/mol. The maximum Gasteiger partial charge on any atom is 0.283 e. The number of aromatic nitrogens is 1. The molecule has 47 heavy (non-hydrogen) atoms. The summed E-state index contributed by atoms with van der Waals surface area (Å²) in [6.07, 6.45) is 4.37. The fourth-order valence-electron chi connectivity index (χ4n) is 4.58. The van der Waals surface area contributed by atoms with Crippen LogP contribution in [0.2, 0.25) is 0 Å². The molecule has 4 amide bonds. The molecule has 0 radical (unpaired) electrons. The molecule has 0 fully saturated rings. The Hall–Kier alpha value is -4.43. The molecule has 0 aliphatic carbocycles. The van der Waals surface area contributed by atoms with Gasteiger partial charge in [0, 0.05) is 44.0 Å². The molecule has 1 heterocycles. The third-order valence-corrected chi connectivity index (χ3v) is 9.81. The molecule has 14 heteroatoms. The Morgan fingerprint density at radius 1 is 0.872 bits per heavy atom. The molecular formula is C33H40N6O6S2. The second kappa shape index (κ2) is 19.3. The van der Waals surface area contributed by atoms with Crippen molar-refractivity contribution in [3.63, 3.8) is 0 Å². The van der Waals surface area contributed by atoms with Gasteiger partial charge < -0.3 is 21.3 Å². The van der Waals surface area contributed by atoms with Crippen molar-refractivity contribution >= 4 is 50.9 Å². The van der Waals surface area contributed by atoms with Crippen molar-refractivity contribution in [2.75, 3.05) is 13.6 Å². The van der Waals surface area contributed by atoms with E-state index in [0.717, 1.165) is 27.2 Å². The summed E-state index contributed by atoms with van der Waals surface area (Å²) in [6.45, 7) is 4.13. The van der Waals surface area contributed by atoms with Gasteiger partial charge in [-0.2, -0.15) is 0 Å². The number of nitro benzene ring substituents is 1. The summed E-state index contributed by atoms with van der Waals surface area (Å²) in [5, 5.41) is 22.0. The number of hydrogen-bond donors (Lipinski definition) is 4. The summed E-state index contributed by atoms with van der Waals surface area (Å²) >= 11 is 0. The van der Waals surface area contributed by atoms with Gasteiger partial charge in [-0.25, -0.2) is 0 Å². The third-order valence-electron chi connectivity index (χ3n) is 6.98. The Kier molecular flexibility index (Phi) is 15.2. The van der Waals surface area contributed by atoms with Gasteiger partial charge in [0.25, 0.3) is 11.6 Å². The zero-order valence-electron chi connectivity index (χ0n) is 26.5. The quantitative estimate of drug-likeness (QED) is 0.0661. The summed E-state index contributed by atoms with van der Waals surface area (Å²) in [4.78, 5) is 67.9. The number of nitrogens with zero attached hydrogens (tertiary/aromatic N) is 2. The van der Waals surface area contributed by atoms with Crippen LogP contribution < -0.4 is 21.3 Å². The van der Waals surface area contributed by atoms with Crippen LogP contribution in [0.5, 0.6) is 0 Å². The number of nitro groups is 1. The Labute approximate surface area is 282 Å². The molecule has 1 aromatic heterocycles. The number of likely N-dealkylation sites (N-methyl/N-ethyl adjacent to an activating group) is 1. The number of rotatable bonds is 18. The van der Waals surface area contributed by atoms with E-state index < -0.39 is 34.1 Å². The number of nitrogens with one attached hydrogen (secondary N) is 4. The SMILES string of the molecule is CNC(=O)[C@H](Cc1ccccc1)NC(=O)[C@H](CC(C)C)NC(=O)C(CCCNC(=O)c1ccncc1)SSc1ccccc1[N+](=O)[O-]. The highest BCUT2D eigenvalue weighted by molar-refractivity contribution is 8.77. The molecule has 4 N–H and O–H groups in total. The molecule has 250 valence electrons. The minimum Gasteiger partial charge on any atom is -0.357 e. The Morgan fingerprint density at radius 2 is 1.53 bits per heavy atom. The molecule has 0 aliphatic rings. The molecule has 3 aromatic rings. The van der Waals surface area contributed by atoms with Crippen molar-refractivity contribution in [3.05, 3.63) is 100 Å². The molecule has 0 saturated carbocycles. The number of hydrogen-bond acceptors (Lipinski definition) is 9. The highest BCUT2D eigenvalue weighted by Crippen LogP contribution is 2.40. The topological polar surface area (TPSA) is 172 Å². The second-order valence-corrected chi connectivity index (χ2v) is 13.5. The van der Waals surface area contributed by atoms with Crippen LogP contribution in [0.1, 0.15) is 49.0 Å². The van der Waals surface area contributed by atoms with Crippen molar-refractivity contribution in [1.29, 1.82) is 0 Å². The van der Waals surface area contributed by atoms with E-state index in [1.807, 2.05) is 44.2 Å². The summed E-state index contributed by atoms with van der Waals surface area (Å²) in [6, 6.07) is 17.0. The van der Waals surface area contributed by atoms with Gasteiger partial charge in [0.05, 0.1) is 15.1 Å². The average molecular weight is 681 g/mol. The van der Waals surface area contributed by atoms with Gasteiger partial charge in [-0.3, -0.25) is 34.3 Å². The van der Waals surface area contributed by atoms with Crippen molar-refractivity contribution in [3.8, 4) is 0 Å². The molecule has 1 unspecified atom stereocenters. The van der Waals surface area contributed by atoms with E-state index in [-0.39, 0.29) is 36.4 Å². The van der Waals surface area contributed by atoms with Crippen LogP contribution in [-0.2, 0) is 20.8 Å². The summed E-state index contributed by atoms with van der Waals surface area (Å²) in [7, 11) is 3.75. The number of carbonyl (C=O) groups excluding carboxylic acids is 4. The van der Waals surface area contributed by atoms with Crippen LogP contribution in [0.3, 0.4) is 0 Å². The van der Waals surface area contributed by atoms with E-state index in [1.54, 1.807) is 30.3 Å². The van der Waals surface area contributed by atoms with Crippen LogP contribution >= 0.6 is 21.6 Å². The molecule has 12 nitrogen and oxygen atoms in total. The monoisotopic (exact) mass is 680 g/mol. The molecule has 3 rings (SSSR count). The van der Waals surface area contributed by atoms with Crippen LogP contribution in [-0.4, -0.2) is 64.5 Å². The maximum atomic E-state index is 13.8. The molecule has 0 bridgehead atoms. The predicted octanol–water partition coefficient (Wildman–Crippen LogP) is 4.31. The van der Waals surface area contributed by atoms with Crippen LogP contribution in [0.25, 0.3) is 0 Å². The van der Waals surface area contributed by atoms with E-state index in [9.17, 15) is 29.3 Å². The molecule has 3 atom stereocenters. The third kappa shape index (κ3) is 12.4. The summed E-state index contributed by atoms with van der Waals surface area (Å²) in [5.41, 5.74) is 1.25. The zero-order valence-corrected chi connectivity index (χ0v) is 28.1. The van der Waals surface area contributed by atoms with Crippen molar-refractivity contribution in [2.24, 2.45) is 5.92 Å². The van der Waals surface area contributed by atoms with E-state index in [0.29, 0.717) is 29.7 Å². The molecule has 0 saturated heterocycles. The summed E-state index contributed by atoms with van der Waals surface area (Å²) < 4.78 is 0. The second-order valence-electron chi connectivity index (χ2n) is 11.1. The van der Waals surface area contributed by atoms with Gasteiger partial charge in [-0.1, -0.05) is 67.1 Å². The van der Waals surface area contributed by atoms with E-state index >= 15 is 0 Å². The Balaban J connectivity index is 1.74. The van der Waals surface area contributed by atoms with E-state index in [4.69, 9.17) is 0 Å². The minimum absolute atomic E-state index is 0.0365. The lowest BCUT2D eigenvalue weighted by atomic mass is 10.0. The average Bonchev–Trinajstić information content (AvgIpc) is 3.07. The lowest BCUT2D eigenvalue weighted by molar-refractivity contribution is -0.387. The first-order valence-corrected chi connectivity index (χ1v) is 17.4. The number of benzene rings is 2. The molecule has 0 aliphatic heterocycles. The summed E-state index contributed by atoms with van der Waals surface area (Å²) in [5.74, 6) is -1.52. The number of para-hydroxylation sites is 1. The first kappa shape index (κ1) is 37.0. The van der Waals surface area contributed by atoms with Gasteiger partial charge in [0.2, 0.25) is 17.7 Å². The van der Waals surface area contributed by atoms with Crippen LogP contribution in [0.4, 0.5) is 5.69 Å². The molecular weight excluding hydrogens is 641 g/mol. The first-order valence-electron chi connectivity index (χ1n) is 15.2. The van der Waals surface area contributed by atoms with Gasteiger partial charge in [0.15, 0.2) is 0 Å². The van der Waals surface area contributed by atoms with Gasteiger partial charge in [0.1, 0.15) is 12.1 Å². The van der Waals surface area contributed by atoms with Crippen LogP contribution in [0.15, 0.2) is 84.0 Å². The first-order chi connectivity index (χ1) is 22.6. The number of pyridine rings is 1.